The van der Waals surface area contributed by atoms with E-state index in [2.05, 4.69) is 26.0 Å². The second-order valence-electron chi connectivity index (χ2n) is 8.46. The lowest BCUT2D eigenvalue weighted by Gasteiger charge is -2.29. The molecule has 0 aromatic heterocycles. The van der Waals surface area contributed by atoms with Crippen molar-refractivity contribution in [3.8, 4) is 5.75 Å². The molecule has 0 radical (unpaired) electrons. The summed E-state index contributed by atoms with van der Waals surface area (Å²) < 4.78 is 11.6. The van der Waals surface area contributed by atoms with E-state index in [9.17, 15) is 4.79 Å². The van der Waals surface area contributed by atoms with E-state index in [-0.39, 0.29) is 5.97 Å². The summed E-state index contributed by atoms with van der Waals surface area (Å²) >= 11 is 0. The molecule has 0 saturated heterocycles. The molecule has 2 aromatic rings. The number of hydrogen-bond donors (Lipinski definition) is 0. The monoisotopic (exact) mass is 408 g/mol. The number of ether oxygens (including phenoxy) is 2. The van der Waals surface area contributed by atoms with E-state index >= 15 is 0 Å². The van der Waals surface area contributed by atoms with Crippen molar-refractivity contribution in [1.29, 1.82) is 0 Å². The Morgan fingerprint density at radius 1 is 0.867 bits per heavy atom. The minimum atomic E-state index is -0.297. The van der Waals surface area contributed by atoms with Gasteiger partial charge in [0.25, 0.3) is 0 Å². The Kier molecular flexibility index (Phi) is 8.95. The van der Waals surface area contributed by atoms with Crippen LogP contribution in [0.2, 0.25) is 0 Å². The Bertz CT molecular complexity index is 756. The van der Waals surface area contributed by atoms with Crippen molar-refractivity contribution in [3.05, 3.63) is 65.2 Å². The first-order chi connectivity index (χ1) is 14.7. The summed E-state index contributed by atoms with van der Waals surface area (Å²) in [7, 11) is 0. The molecule has 0 aliphatic heterocycles. The second kappa shape index (κ2) is 11.9. The first-order valence-electron chi connectivity index (χ1n) is 11.7. The molecule has 0 atom stereocenters. The molecular weight excluding hydrogens is 372 g/mol. The highest BCUT2D eigenvalue weighted by molar-refractivity contribution is 5.91. The van der Waals surface area contributed by atoms with Crippen LogP contribution in [-0.2, 0) is 11.2 Å². The lowest BCUT2D eigenvalue weighted by molar-refractivity contribution is 0.0227. The van der Waals surface area contributed by atoms with Gasteiger partial charge >= 0.3 is 5.97 Å². The molecule has 0 spiro atoms. The van der Waals surface area contributed by atoms with Crippen LogP contribution >= 0.6 is 0 Å². The highest BCUT2D eigenvalue weighted by atomic mass is 16.5. The van der Waals surface area contributed by atoms with Crippen LogP contribution in [0, 0.1) is 0 Å². The van der Waals surface area contributed by atoms with Crippen LogP contribution in [0.3, 0.4) is 0 Å². The van der Waals surface area contributed by atoms with Crippen LogP contribution in [-0.4, -0.2) is 18.7 Å². The molecule has 0 heterocycles. The average Bonchev–Trinajstić information content (AvgIpc) is 2.79. The van der Waals surface area contributed by atoms with E-state index in [1.165, 1.54) is 30.4 Å². The van der Waals surface area contributed by atoms with Gasteiger partial charge in [-0.25, -0.2) is 4.79 Å². The van der Waals surface area contributed by atoms with Gasteiger partial charge in [-0.1, -0.05) is 57.4 Å². The molecule has 0 bridgehead atoms. The number of unbranched alkanes of at least 4 members (excludes halogenated alkanes) is 2. The fraction of sp³-hybridized carbons (Fsp3) is 0.519. The van der Waals surface area contributed by atoms with Crippen molar-refractivity contribution in [3.63, 3.8) is 0 Å². The molecular formula is C27H36O3. The Labute approximate surface area is 181 Å². The smallest absolute Gasteiger partial charge is 0.343 e. The maximum atomic E-state index is 12.5. The summed E-state index contributed by atoms with van der Waals surface area (Å²) in [5, 5.41) is 0. The quantitative estimate of drug-likeness (QED) is 0.239. The molecule has 1 saturated carbocycles. The van der Waals surface area contributed by atoms with Crippen molar-refractivity contribution in [2.45, 2.75) is 83.7 Å². The number of carbonyl (C=O) groups excluding carboxylic acids is 1. The van der Waals surface area contributed by atoms with Crippen LogP contribution in [0.5, 0.6) is 5.75 Å². The molecule has 0 N–H and O–H groups in total. The Hall–Kier alpha value is -2.13. The zero-order valence-electron chi connectivity index (χ0n) is 18.6. The van der Waals surface area contributed by atoms with Gasteiger partial charge in [0.05, 0.1) is 11.7 Å². The first kappa shape index (κ1) is 22.6. The summed E-state index contributed by atoms with van der Waals surface area (Å²) in [6.45, 7) is 5.29. The number of rotatable bonds is 10. The topological polar surface area (TPSA) is 35.5 Å². The zero-order chi connectivity index (χ0) is 21.2. The Morgan fingerprint density at radius 3 is 2.20 bits per heavy atom. The number of aryl methyl sites for hydroxylation is 1. The average molecular weight is 409 g/mol. The van der Waals surface area contributed by atoms with Gasteiger partial charge in [0.1, 0.15) is 5.75 Å². The van der Waals surface area contributed by atoms with Gasteiger partial charge in [-0.15, -0.1) is 0 Å². The molecule has 0 unspecified atom stereocenters. The van der Waals surface area contributed by atoms with Crippen molar-refractivity contribution < 1.29 is 14.3 Å². The molecule has 162 valence electrons. The van der Waals surface area contributed by atoms with Crippen LogP contribution in [0.15, 0.2) is 48.5 Å². The van der Waals surface area contributed by atoms with Crippen molar-refractivity contribution in [2.24, 2.45) is 0 Å². The number of hydrogen-bond acceptors (Lipinski definition) is 3. The lowest BCUT2D eigenvalue weighted by atomic mass is 9.82. The minimum absolute atomic E-state index is 0.297. The van der Waals surface area contributed by atoms with E-state index in [1.54, 1.807) is 0 Å². The summed E-state index contributed by atoms with van der Waals surface area (Å²) in [6.07, 6.45) is 10.8. The Balaban J connectivity index is 1.47. The van der Waals surface area contributed by atoms with Gasteiger partial charge in [-0.2, -0.15) is 0 Å². The molecule has 3 nitrogen and oxygen atoms in total. The van der Waals surface area contributed by atoms with E-state index in [1.807, 2.05) is 36.4 Å². The van der Waals surface area contributed by atoms with E-state index in [4.69, 9.17) is 9.47 Å². The largest absolute Gasteiger partial charge is 0.423 e. The van der Waals surface area contributed by atoms with E-state index in [0.29, 0.717) is 23.3 Å². The van der Waals surface area contributed by atoms with Crippen LogP contribution in [0.1, 0.15) is 92.6 Å². The predicted octanol–water partition coefficient (Wildman–Crippen LogP) is 7.09. The molecule has 1 fully saturated rings. The Morgan fingerprint density at radius 2 is 1.57 bits per heavy atom. The van der Waals surface area contributed by atoms with Gasteiger partial charge < -0.3 is 9.47 Å². The van der Waals surface area contributed by atoms with Gasteiger partial charge in [0.15, 0.2) is 0 Å². The third-order valence-corrected chi connectivity index (χ3v) is 6.07. The fourth-order valence-electron chi connectivity index (χ4n) is 4.24. The summed E-state index contributed by atoms with van der Waals surface area (Å²) in [5.41, 5.74) is 3.19. The number of carbonyl (C=O) groups is 1. The van der Waals surface area contributed by atoms with Gasteiger partial charge in [0, 0.05) is 6.61 Å². The summed E-state index contributed by atoms with van der Waals surface area (Å²) in [6, 6.07) is 15.8. The first-order valence-corrected chi connectivity index (χ1v) is 11.7. The minimum Gasteiger partial charge on any atom is -0.423 e. The van der Waals surface area contributed by atoms with Gasteiger partial charge in [-0.05, 0) is 79.8 Å². The second-order valence-corrected chi connectivity index (χ2v) is 8.46. The third kappa shape index (κ3) is 6.70. The molecule has 3 heteroatoms. The molecule has 1 aliphatic rings. The highest BCUT2D eigenvalue weighted by Crippen LogP contribution is 2.34. The number of esters is 1. The third-order valence-electron chi connectivity index (χ3n) is 6.07. The highest BCUT2D eigenvalue weighted by Gasteiger charge is 2.23. The van der Waals surface area contributed by atoms with E-state index in [0.717, 1.165) is 45.1 Å². The molecule has 2 aromatic carbocycles. The number of benzene rings is 2. The van der Waals surface area contributed by atoms with E-state index < -0.39 is 0 Å². The molecule has 30 heavy (non-hydrogen) atoms. The summed E-state index contributed by atoms with van der Waals surface area (Å²) in [4.78, 5) is 12.5. The van der Waals surface area contributed by atoms with Crippen molar-refractivity contribution in [2.75, 3.05) is 6.61 Å². The van der Waals surface area contributed by atoms with Crippen LogP contribution in [0.4, 0.5) is 0 Å². The molecule has 1 aliphatic carbocycles. The molecule has 3 rings (SSSR count). The SMILES string of the molecule is CCCCCOC1CCC(c2ccc(C(=O)Oc3ccc(CCC)cc3)cc2)CC1. The predicted molar refractivity (Wildman–Crippen MR) is 122 cm³/mol. The maximum absolute atomic E-state index is 12.5. The van der Waals surface area contributed by atoms with Crippen molar-refractivity contribution in [1.82, 2.24) is 0 Å². The zero-order valence-corrected chi connectivity index (χ0v) is 18.6. The molecule has 0 amide bonds. The standard InChI is InChI=1S/C27H36O3/c1-3-5-6-20-29-25-18-14-23(15-19-25)22-10-12-24(13-11-22)27(28)30-26-16-8-21(7-4-2)9-17-26/h8-13,16-17,23,25H,3-7,14-15,18-20H2,1-2H3. The van der Waals surface area contributed by atoms with Crippen molar-refractivity contribution >= 4 is 5.97 Å². The van der Waals surface area contributed by atoms with Gasteiger partial charge in [-0.3, -0.25) is 0 Å². The van der Waals surface area contributed by atoms with Crippen LogP contribution < -0.4 is 4.74 Å². The lowest BCUT2D eigenvalue weighted by Crippen LogP contribution is -2.21. The normalized spacial score (nSPS) is 18.9. The summed E-state index contributed by atoms with van der Waals surface area (Å²) in [5.74, 6) is 0.867. The maximum Gasteiger partial charge on any atom is 0.343 e. The van der Waals surface area contributed by atoms with Crippen LogP contribution in [0.25, 0.3) is 0 Å². The fourth-order valence-corrected chi connectivity index (χ4v) is 4.24. The van der Waals surface area contributed by atoms with Gasteiger partial charge in [0.2, 0.25) is 0 Å².